The summed E-state index contributed by atoms with van der Waals surface area (Å²) in [4.78, 5) is 27.6. The summed E-state index contributed by atoms with van der Waals surface area (Å²) in [7, 11) is 0. The Hall–Kier alpha value is -2.77. The van der Waals surface area contributed by atoms with E-state index in [4.69, 9.17) is 0 Å². The van der Waals surface area contributed by atoms with E-state index >= 15 is 0 Å². The number of hydrogen-bond donors (Lipinski definition) is 0. The van der Waals surface area contributed by atoms with Crippen LogP contribution >= 0.6 is 23.1 Å². The molecule has 1 heterocycles. The van der Waals surface area contributed by atoms with Crippen LogP contribution in [0, 0.1) is 10.1 Å². The van der Waals surface area contributed by atoms with Crippen LogP contribution in [0.3, 0.4) is 0 Å². The molecule has 0 saturated heterocycles. The van der Waals surface area contributed by atoms with Crippen molar-refractivity contribution in [3.63, 3.8) is 0 Å². The second-order valence-electron chi connectivity index (χ2n) is 5.63. The van der Waals surface area contributed by atoms with E-state index in [1.165, 1.54) is 35.2 Å². The lowest BCUT2D eigenvalue weighted by Gasteiger charge is -2.04. The molecule has 26 heavy (non-hydrogen) atoms. The third kappa shape index (κ3) is 3.18. The first-order chi connectivity index (χ1) is 12.6. The highest BCUT2D eigenvalue weighted by Gasteiger charge is 2.14. The van der Waals surface area contributed by atoms with Crippen LogP contribution in [-0.4, -0.2) is 21.4 Å². The van der Waals surface area contributed by atoms with Crippen LogP contribution < -0.4 is 0 Å². The van der Waals surface area contributed by atoms with Gasteiger partial charge in [-0.2, -0.15) is 0 Å². The Morgan fingerprint density at radius 2 is 1.92 bits per heavy atom. The molecule has 0 fully saturated rings. The van der Waals surface area contributed by atoms with E-state index in [-0.39, 0.29) is 17.2 Å². The topological polar surface area (TPSA) is 73.1 Å². The summed E-state index contributed by atoms with van der Waals surface area (Å²) in [5.74, 6) is 0.313. The number of aromatic nitrogens is 1. The van der Waals surface area contributed by atoms with Gasteiger partial charge in [0.1, 0.15) is 0 Å². The Kier molecular flexibility index (Phi) is 4.40. The summed E-state index contributed by atoms with van der Waals surface area (Å²) in [6, 6.07) is 18.1. The smallest absolute Gasteiger partial charge is 0.270 e. The van der Waals surface area contributed by atoms with E-state index in [1.807, 2.05) is 42.5 Å². The van der Waals surface area contributed by atoms with E-state index in [2.05, 4.69) is 4.98 Å². The molecule has 1 aromatic heterocycles. The minimum Gasteiger partial charge on any atom is -0.293 e. The number of non-ortho nitro benzene ring substituents is 1. The molecule has 0 amide bonds. The zero-order valence-electron chi connectivity index (χ0n) is 13.4. The molecule has 7 heteroatoms. The number of ketones is 1. The number of hydrogen-bond acceptors (Lipinski definition) is 6. The molecule has 128 valence electrons. The fourth-order valence-electron chi connectivity index (χ4n) is 2.74. The molecule has 5 nitrogen and oxygen atoms in total. The summed E-state index contributed by atoms with van der Waals surface area (Å²) in [5.41, 5.74) is 1.46. The van der Waals surface area contributed by atoms with E-state index in [0.717, 1.165) is 19.8 Å². The van der Waals surface area contributed by atoms with E-state index in [0.29, 0.717) is 11.1 Å². The standard InChI is InChI=1S/C19H12N2O3S2/c22-17(15-7-3-5-12-4-1-2-6-14(12)15)11-25-19-20-16-9-8-13(21(23)24)10-18(16)26-19/h1-10H,11H2. The van der Waals surface area contributed by atoms with Gasteiger partial charge in [0.2, 0.25) is 0 Å². The van der Waals surface area contributed by atoms with Crippen molar-refractivity contribution < 1.29 is 9.72 Å². The van der Waals surface area contributed by atoms with Gasteiger partial charge < -0.3 is 0 Å². The molecule has 0 bridgehead atoms. The number of carbonyl (C=O) groups is 1. The Morgan fingerprint density at radius 3 is 2.77 bits per heavy atom. The average molecular weight is 380 g/mol. The van der Waals surface area contributed by atoms with Crippen molar-refractivity contribution in [1.82, 2.24) is 4.98 Å². The fourth-order valence-corrected chi connectivity index (χ4v) is 4.73. The van der Waals surface area contributed by atoms with Crippen molar-refractivity contribution in [1.29, 1.82) is 0 Å². The molecule has 4 rings (SSSR count). The van der Waals surface area contributed by atoms with Gasteiger partial charge in [-0.05, 0) is 16.8 Å². The normalized spacial score (nSPS) is 11.1. The summed E-state index contributed by atoms with van der Waals surface area (Å²) >= 11 is 2.72. The maximum Gasteiger partial charge on any atom is 0.270 e. The number of nitrogens with zero attached hydrogens (tertiary/aromatic N) is 2. The lowest BCUT2D eigenvalue weighted by atomic mass is 10.0. The van der Waals surface area contributed by atoms with E-state index in [1.54, 1.807) is 6.07 Å². The molecule has 3 aromatic carbocycles. The molecule has 0 radical (unpaired) electrons. The number of thioether (sulfide) groups is 1. The van der Waals surface area contributed by atoms with Gasteiger partial charge in [0.05, 0.1) is 20.9 Å². The lowest BCUT2D eigenvalue weighted by Crippen LogP contribution is -2.03. The second-order valence-corrected chi connectivity index (χ2v) is 7.88. The molecule has 4 aromatic rings. The summed E-state index contributed by atoms with van der Waals surface area (Å²) < 4.78 is 1.48. The van der Waals surface area contributed by atoms with Gasteiger partial charge in [-0.1, -0.05) is 54.2 Å². The fraction of sp³-hybridized carbons (Fsp3) is 0.0526. The largest absolute Gasteiger partial charge is 0.293 e. The van der Waals surface area contributed by atoms with Crippen LogP contribution in [0.4, 0.5) is 5.69 Å². The molecular formula is C19H12N2O3S2. The van der Waals surface area contributed by atoms with Gasteiger partial charge in [-0.15, -0.1) is 11.3 Å². The van der Waals surface area contributed by atoms with Gasteiger partial charge in [-0.25, -0.2) is 4.98 Å². The zero-order chi connectivity index (χ0) is 18.1. The van der Waals surface area contributed by atoms with E-state index in [9.17, 15) is 14.9 Å². The highest BCUT2D eigenvalue weighted by atomic mass is 32.2. The molecule has 0 N–H and O–H groups in total. The van der Waals surface area contributed by atoms with Crippen molar-refractivity contribution >= 4 is 55.6 Å². The summed E-state index contributed by atoms with van der Waals surface area (Å²) in [6.07, 6.45) is 0. The number of Topliss-reactive ketones (excluding diaryl/α,β-unsaturated/α-hetero) is 1. The van der Waals surface area contributed by atoms with Gasteiger partial charge in [0.15, 0.2) is 10.1 Å². The van der Waals surface area contributed by atoms with Gasteiger partial charge in [0, 0.05) is 17.7 Å². The van der Waals surface area contributed by atoms with Gasteiger partial charge >= 0.3 is 0 Å². The van der Waals surface area contributed by atoms with Gasteiger partial charge in [-0.3, -0.25) is 14.9 Å². The Bertz CT molecular complexity index is 1150. The first-order valence-electron chi connectivity index (χ1n) is 7.80. The third-order valence-electron chi connectivity index (χ3n) is 3.98. The number of fused-ring (bicyclic) bond motifs is 2. The predicted molar refractivity (Wildman–Crippen MR) is 105 cm³/mol. The molecule has 0 aliphatic heterocycles. The molecule has 0 aliphatic rings. The number of nitro groups is 1. The monoisotopic (exact) mass is 380 g/mol. The van der Waals surface area contributed by atoms with Crippen molar-refractivity contribution in [3.05, 3.63) is 76.3 Å². The number of rotatable bonds is 5. The third-order valence-corrected chi connectivity index (χ3v) is 6.14. The minimum absolute atomic E-state index is 0.0389. The number of benzene rings is 3. The van der Waals surface area contributed by atoms with Crippen LogP contribution in [0.15, 0.2) is 65.0 Å². The second kappa shape index (κ2) is 6.86. The Morgan fingerprint density at radius 1 is 1.12 bits per heavy atom. The minimum atomic E-state index is -0.421. The highest BCUT2D eigenvalue weighted by Crippen LogP contribution is 2.32. The first-order valence-corrected chi connectivity index (χ1v) is 9.61. The first kappa shape index (κ1) is 16.7. The molecule has 0 spiro atoms. The number of nitro benzene ring substituents is 1. The van der Waals surface area contributed by atoms with Gasteiger partial charge in [0.25, 0.3) is 5.69 Å². The summed E-state index contributed by atoms with van der Waals surface area (Å²) in [6.45, 7) is 0. The predicted octanol–water partition coefficient (Wildman–Crippen LogP) is 5.33. The lowest BCUT2D eigenvalue weighted by molar-refractivity contribution is -0.384. The van der Waals surface area contributed by atoms with Crippen molar-refractivity contribution in [2.24, 2.45) is 0 Å². The van der Waals surface area contributed by atoms with Crippen LogP contribution in [0.2, 0.25) is 0 Å². The van der Waals surface area contributed by atoms with Crippen molar-refractivity contribution in [2.75, 3.05) is 5.75 Å². The molecule has 0 unspecified atom stereocenters. The average Bonchev–Trinajstić information content (AvgIpc) is 3.07. The molecular weight excluding hydrogens is 368 g/mol. The molecule has 0 aliphatic carbocycles. The Balaban J connectivity index is 1.55. The quantitative estimate of drug-likeness (QED) is 0.202. The van der Waals surface area contributed by atoms with Crippen LogP contribution in [0.1, 0.15) is 10.4 Å². The van der Waals surface area contributed by atoms with Crippen LogP contribution in [-0.2, 0) is 0 Å². The van der Waals surface area contributed by atoms with Crippen molar-refractivity contribution in [3.8, 4) is 0 Å². The number of carbonyl (C=O) groups excluding carboxylic acids is 1. The number of thiazole rings is 1. The zero-order valence-corrected chi connectivity index (χ0v) is 15.0. The SMILES string of the molecule is O=C(CSc1nc2ccc([N+](=O)[O-])cc2s1)c1cccc2ccccc12. The molecule has 0 saturated carbocycles. The summed E-state index contributed by atoms with van der Waals surface area (Å²) in [5, 5.41) is 12.9. The van der Waals surface area contributed by atoms with Crippen molar-refractivity contribution in [2.45, 2.75) is 4.34 Å². The highest BCUT2D eigenvalue weighted by molar-refractivity contribution is 8.01. The maximum absolute atomic E-state index is 12.7. The Labute approximate surface area is 156 Å². The maximum atomic E-state index is 12.7. The molecule has 0 atom stereocenters. The van der Waals surface area contributed by atoms with Crippen LogP contribution in [0.25, 0.3) is 21.0 Å². The van der Waals surface area contributed by atoms with E-state index < -0.39 is 4.92 Å². The van der Waals surface area contributed by atoms with Crippen LogP contribution in [0.5, 0.6) is 0 Å².